The molecule has 3 saturated heterocycles. The average Bonchev–Trinajstić information content (AvgIpc) is 3.43. The van der Waals surface area contributed by atoms with Crippen molar-refractivity contribution < 1.29 is 14.3 Å². The number of benzene rings is 1. The number of imidazole rings is 1. The molecule has 1 aromatic carbocycles. The van der Waals surface area contributed by atoms with E-state index >= 15 is 0 Å². The Hall–Kier alpha value is -2.41. The van der Waals surface area contributed by atoms with Crippen LogP contribution in [-0.2, 0) is 16.6 Å². The number of amides is 2. The second-order valence-electron chi connectivity index (χ2n) is 8.19. The molecule has 7 heteroatoms. The first kappa shape index (κ1) is 17.7. The zero-order valence-corrected chi connectivity index (χ0v) is 16.2. The monoisotopic (exact) mass is 382 g/mol. The summed E-state index contributed by atoms with van der Waals surface area (Å²) >= 11 is 0. The number of hydrogen-bond donors (Lipinski definition) is 0. The highest BCUT2D eigenvalue weighted by molar-refractivity contribution is 5.98. The fraction of sp³-hybridized carbons (Fsp3) is 0.571. The van der Waals surface area contributed by atoms with Crippen LogP contribution < -0.4 is 0 Å². The molecule has 28 heavy (non-hydrogen) atoms. The van der Waals surface area contributed by atoms with Crippen molar-refractivity contribution in [2.24, 2.45) is 13.0 Å². The number of nitrogens with zero attached hydrogens (tertiary/aromatic N) is 4. The first-order valence-corrected chi connectivity index (χ1v) is 10.2. The molecule has 0 aliphatic carbocycles. The summed E-state index contributed by atoms with van der Waals surface area (Å²) in [6, 6.07) is 6.03. The third kappa shape index (κ3) is 2.80. The van der Waals surface area contributed by atoms with Crippen LogP contribution in [0.1, 0.15) is 36.0 Å². The van der Waals surface area contributed by atoms with Crippen LogP contribution in [0, 0.1) is 5.92 Å². The molecular weight excluding hydrogens is 356 g/mol. The highest BCUT2D eigenvalue weighted by atomic mass is 16.5. The van der Waals surface area contributed by atoms with Gasteiger partial charge in [-0.2, -0.15) is 0 Å². The first-order chi connectivity index (χ1) is 13.6. The lowest BCUT2D eigenvalue weighted by atomic mass is 9.98. The molecule has 4 heterocycles. The molecule has 1 aromatic heterocycles. The summed E-state index contributed by atoms with van der Waals surface area (Å²) in [5.74, 6) is 0.407. The molecule has 0 N–H and O–H groups in total. The van der Waals surface area contributed by atoms with Gasteiger partial charge in [-0.15, -0.1) is 0 Å². The molecule has 7 nitrogen and oxygen atoms in total. The van der Waals surface area contributed by atoms with Crippen molar-refractivity contribution in [3.05, 3.63) is 30.1 Å². The number of rotatable bonds is 2. The van der Waals surface area contributed by atoms with E-state index in [9.17, 15) is 9.59 Å². The third-order valence-electron chi connectivity index (χ3n) is 6.66. The standard InChI is InChI=1S/C21H26N4O3/c1-23-13-22-16-12-15(2-3-17(16)23)21(27)25-9-5-18-19(25)4-8-24(18)20(26)14-6-10-28-11-7-14/h2-3,12-14,18-19H,4-11H2,1H3/t18-,19-/m0/s1. The molecule has 3 aliphatic rings. The van der Waals surface area contributed by atoms with Gasteiger partial charge in [-0.25, -0.2) is 4.98 Å². The lowest BCUT2D eigenvalue weighted by Gasteiger charge is -2.30. The van der Waals surface area contributed by atoms with E-state index in [1.54, 1.807) is 6.33 Å². The Bertz CT molecular complexity index is 918. The van der Waals surface area contributed by atoms with Gasteiger partial charge in [0.2, 0.25) is 5.91 Å². The molecule has 3 aliphatic heterocycles. The fourth-order valence-electron chi connectivity index (χ4n) is 5.13. The van der Waals surface area contributed by atoms with Crippen molar-refractivity contribution in [3.8, 4) is 0 Å². The van der Waals surface area contributed by atoms with Gasteiger partial charge in [-0.05, 0) is 43.9 Å². The van der Waals surface area contributed by atoms with Crippen molar-refractivity contribution in [2.75, 3.05) is 26.3 Å². The molecule has 3 fully saturated rings. The van der Waals surface area contributed by atoms with Crippen LogP contribution in [0.25, 0.3) is 11.0 Å². The Morgan fingerprint density at radius 1 is 1.04 bits per heavy atom. The van der Waals surface area contributed by atoms with E-state index < -0.39 is 0 Å². The molecule has 0 unspecified atom stereocenters. The minimum Gasteiger partial charge on any atom is -0.381 e. The maximum absolute atomic E-state index is 13.2. The lowest BCUT2D eigenvalue weighted by molar-refractivity contribution is -0.139. The van der Waals surface area contributed by atoms with E-state index in [1.165, 1.54) is 0 Å². The molecule has 0 saturated carbocycles. The Labute approximate surface area is 164 Å². The first-order valence-electron chi connectivity index (χ1n) is 10.2. The zero-order chi connectivity index (χ0) is 19.3. The highest BCUT2D eigenvalue weighted by Gasteiger charge is 2.47. The van der Waals surface area contributed by atoms with E-state index in [0.717, 1.165) is 43.3 Å². The van der Waals surface area contributed by atoms with E-state index in [0.29, 0.717) is 25.3 Å². The summed E-state index contributed by atoms with van der Waals surface area (Å²) in [5.41, 5.74) is 2.54. The zero-order valence-electron chi connectivity index (χ0n) is 16.2. The summed E-state index contributed by atoms with van der Waals surface area (Å²) in [5, 5.41) is 0. The molecule has 0 radical (unpaired) electrons. The SMILES string of the molecule is Cn1cnc2cc(C(=O)N3CC[C@H]4[C@@H]3CCN4C(=O)C3CCOCC3)ccc21. The summed E-state index contributed by atoms with van der Waals surface area (Å²) < 4.78 is 7.35. The minimum atomic E-state index is 0.0559. The highest BCUT2D eigenvalue weighted by Crippen LogP contribution is 2.34. The molecule has 2 atom stereocenters. The van der Waals surface area contributed by atoms with E-state index in [-0.39, 0.29) is 29.8 Å². The maximum atomic E-state index is 13.2. The average molecular weight is 382 g/mol. The van der Waals surface area contributed by atoms with Crippen LogP contribution in [-0.4, -0.2) is 69.6 Å². The number of likely N-dealkylation sites (tertiary alicyclic amines) is 2. The largest absolute Gasteiger partial charge is 0.381 e. The molecule has 0 spiro atoms. The van der Waals surface area contributed by atoms with Gasteiger partial charge < -0.3 is 19.1 Å². The van der Waals surface area contributed by atoms with Crippen molar-refractivity contribution in [3.63, 3.8) is 0 Å². The van der Waals surface area contributed by atoms with E-state index in [2.05, 4.69) is 9.88 Å². The normalized spacial score (nSPS) is 25.5. The maximum Gasteiger partial charge on any atom is 0.254 e. The van der Waals surface area contributed by atoms with Gasteiger partial charge in [-0.1, -0.05) is 0 Å². The van der Waals surface area contributed by atoms with Gasteiger partial charge in [0.1, 0.15) is 0 Å². The lowest BCUT2D eigenvalue weighted by Crippen LogP contribution is -2.44. The van der Waals surface area contributed by atoms with Crippen LogP contribution in [0.15, 0.2) is 24.5 Å². The van der Waals surface area contributed by atoms with Gasteiger partial charge in [0.25, 0.3) is 5.91 Å². The van der Waals surface area contributed by atoms with Gasteiger partial charge >= 0.3 is 0 Å². The topological polar surface area (TPSA) is 67.7 Å². The predicted molar refractivity (Wildman–Crippen MR) is 104 cm³/mol. The van der Waals surface area contributed by atoms with Crippen molar-refractivity contribution in [2.45, 2.75) is 37.8 Å². The van der Waals surface area contributed by atoms with Crippen LogP contribution in [0.2, 0.25) is 0 Å². The number of aromatic nitrogens is 2. The number of carbonyl (C=O) groups is 2. The summed E-state index contributed by atoms with van der Waals surface area (Å²) in [6.45, 7) is 2.83. The Kier molecular flexibility index (Phi) is 4.34. The number of ether oxygens (including phenoxy) is 1. The van der Waals surface area contributed by atoms with E-state index in [4.69, 9.17) is 4.74 Å². The van der Waals surface area contributed by atoms with Crippen molar-refractivity contribution >= 4 is 22.8 Å². The van der Waals surface area contributed by atoms with Crippen molar-refractivity contribution in [1.82, 2.24) is 19.4 Å². The molecular formula is C21H26N4O3. The second-order valence-corrected chi connectivity index (χ2v) is 8.19. The van der Waals surface area contributed by atoms with Gasteiger partial charge in [0.05, 0.1) is 29.4 Å². The fourth-order valence-corrected chi connectivity index (χ4v) is 5.13. The van der Waals surface area contributed by atoms with Gasteiger partial charge in [0.15, 0.2) is 0 Å². The third-order valence-corrected chi connectivity index (χ3v) is 6.66. The Balaban J connectivity index is 1.32. The van der Waals surface area contributed by atoms with Crippen LogP contribution in [0.5, 0.6) is 0 Å². The van der Waals surface area contributed by atoms with Gasteiger partial charge in [-0.3, -0.25) is 9.59 Å². The van der Waals surface area contributed by atoms with Crippen LogP contribution in [0.4, 0.5) is 0 Å². The van der Waals surface area contributed by atoms with Crippen molar-refractivity contribution in [1.29, 1.82) is 0 Å². The summed E-state index contributed by atoms with van der Waals surface area (Å²) in [4.78, 5) is 34.6. The smallest absolute Gasteiger partial charge is 0.254 e. The van der Waals surface area contributed by atoms with Crippen LogP contribution in [0.3, 0.4) is 0 Å². The number of aryl methyl sites for hydroxylation is 1. The second kappa shape index (κ2) is 6.88. The molecule has 0 bridgehead atoms. The molecule has 5 rings (SSSR count). The minimum absolute atomic E-state index is 0.0559. The van der Waals surface area contributed by atoms with E-state index in [1.807, 2.05) is 34.7 Å². The molecule has 148 valence electrons. The Morgan fingerprint density at radius 3 is 2.54 bits per heavy atom. The Morgan fingerprint density at radius 2 is 1.75 bits per heavy atom. The number of carbonyl (C=O) groups excluding carboxylic acids is 2. The predicted octanol–water partition coefficient (Wildman–Crippen LogP) is 1.82. The molecule has 2 aromatic rings. The number of hydrogen-bond acceptors (Lipinski definition) is 4. The van der Waals surface area contributed by atoms with Crippen LogP contribution >= 0.6 is 0 Å². The molecule has 2 amide bonds. The number of fused-ring (bicyclic) bond motifs is 2. The summed E-state index contributed by atoms with van der Waals surface area (Å²) in [6.07, 6.45) is 5.15. The summed E-state index contributed by atoms with van der Waals surface area (Å²) in [7, 11) is 1.95. The van der Waals surface area contributed by atoms with Gasteiger partial charge in [0, 0.05) is 44.8 Å². The quantitative estimate of drug-likeness (QED) is 0.795.